The van der Waals surface area contributed by atoms with Gasteiger partial charge >= 0.3 is 0 Å². The summed E-state index contributed by atoms with van der Waals surface area (Å²) in [5.41, 5.74) is 0. The zero-order valence-electron chi connectivity index (χ0n) is 52.0. The van der Waals surface area contributed by atoms with E-state index in [0.29, 0.717) is 17.4 Å². The van der Waals surface area contributed by atoms with Crippen molar-refractivity contribution in [2.45, 2.75) is 289 Å². The minimum absolute atomic E-state index is 0.00498. The molecule has 0 aliphatic heterocycles. The van der Waals surface area contributed by atoms with Gasteiger partial charge in [-0.25, -0.2) is 0 Å². The molecule has 3 atom stereocenters. The fraction of sp³-hybridized carbons (Fsp3) is 0.729. The molecule has 0 aromatic carbocycles. The maximum Gasteiger partial charge on any atom is 0.268 e. The number of carbonyl (C=O) groups excluding carboxylic acids is 1. The van der Waals surface area contributed by atoms with Gasteiger partial charge in [-0.05, 0) is 83.5 Å². The van der Waals surface area contributed by atoms with Crippen LogP contribution in [0.3, 0.4) is 0 Å². The fourth-order valence-electron chi connectivity index (χ4n) is 9.17. The lowest BCUT2D eigenvalue weighted by molar-refractivity contribution is -0.870. The van der Waals surface area contributed by atoms with E-state index in [9.17, 15) is 19.4 Å². The van der Waals surface area contributed by atoms with Crippen molar-refractivity contribution < 1.29 is 32.9 Å². The van der Waals surface area contributed by atoms with Crippen LogP contribution in [0.2, 0.25) is 0 Å². The maximum atomic E-state index is 13.0. The van der Waals surface area contributed by atoms with Crippen LogP contribution in [0.1, 0.15) is 277 Å². The lowest BCUT2D eigenvalue weighted by atomic mass is 10.0. The van der Waals surface area contributed by atoms with Crippen LogP contribution in [-0.2, 0) is 18.4 Å². The zero-order valence-corrected chi connectivity index (χ0v) is 52.9. The molecule has 0 rings (SSSR count). The van der Waals surface area contributed by atoms with Crippen molar-refractivity contribution in [3.8, 4) is 0 Å². The van der Waals surface area contributed by atoms with Crippen LogP contribution in [0, 0.1) is 0 Å². The molecule has 0 aromatic heterocycles. The second-order valence-electron chi connectivity index (χ2n) is 23.1. The van der Waals surface area contributed by atoms with Crippen LogP contribution >= 0.6 is 7.82 Å². The number of phosphoric acid groups is 1. The molecule has 0 heterocycles. The number of amides is 1. The lowest BCUT2D eigenvalue weighted by Gasteiger charge is -2.29. The van der Waals surface area contributed by atoms with Gasteiger partial charge in [0, 0.05) is 6.42 Å². The smallest absolute Gasteiger partial charge is 0.268 e. The quantitative estimate of drug-likeness (QED) is 0.0272. The Morgan fingerprint density at radius 1 is 0.456 bits per heavy atom. The van der Waals surface area contributed by atoms with Gasteiger partial charge in [0.05, 0.1) is 39.9 Å². The first-order valence-corrected chi connectivity index (χ1v) is 34.2. The maximum absolute atomic E-state index is 13.0. The summed E-state index contributed by atoms with van der Waals surface area (Å²) in [4.78, 5) is 25.6. The standard InChI is InChI=1S/C70H125N2O6P/c1-6-8-10-12-14-16-18-20-22-24-26-28-29-30-31-32-33-34-35-36-37-38-39-40-41-42-43-44-46-48-50-52-54-56-58-60-62-64-70(74)71-68(67-78-79(75,76)77-66-65-72(3,4)5)69(73)63-61-59-57-55-53-51-49-47-45-27-25-23-21-19-17-15-13-11-9-7-2/h8,10,14,16,20,22,26,28,30-31,33-34,36-37,39-40,61,63,68-69,73H,6-7,9,11-13,15,17-19,21,23-25,27,29,32,35,38,41-60,62,64-67H2,1-5H3,(H-,71,74,75,76)/b10-8-,16-14-,22-20-,28-26-,31-30-,34-33-,37-36-,40-39-,63-61+. The highest BCUT2D eigenvalue weighted by Crippen LogP contribution is 2.38. The van der Waals surface area contributed by atoms with Gasteiger partial charge in [-0.15, -0.1) is 0 Å². The molecule has 0 saturated heterocycles. The van der Waals surface area contributed by atoms with Crippen LogP contribution in [0.5, 0.6) is 0 Å². The Kier molecular flexibility index (Phi) is 57.6. The zero-order chi connectivity index (χ0) is 57.7. The third kappa shape index (κ3) is 62.6. The lowest BCUT2D eigenvalue weighted by Crippen LogP contribution is -2.45. The Morgan fingerprint density at radius 3 is 1.13 bits per heavy atom. The van der Waals surface area contributed by atoms with E-state index < -0.39 is 20.0 Å². The number of nitrogens with zero attached hydrogens (tertiary/aromatic N) is 1. The van der Waals surface area contributed by atoms with E-state index in [2.05, 4.69) is 116 Å². The summed E-state index contributed by atoms with van der Waals surface area (Å²) in [6.07, 6.45) is 87.5. The molecule has 0 bridgehead atoms. The van der Waals surface area contributed by atoms with Crippen molar-refractivity contribution in [2.75, 3.05) is 40.9 Å². The second kappa shape index (κ2) is 59.8. The van der Waals surface area contributed by atoms with E-state index in [1.165, 1.54) is 167 Å². The van der Waals surface area contributed by atoms with Crippen LogP contribution in [0.15, 0.2) is 109 Å². The molecule has 1 amide bonds. The number of unbranched alkanes of at least 4 members (excludes halogenated alkanes) is 30. The van der Waals surface area contributed by atoms with Crippen LogP contribution < -0.4 is 10.2 Å². The third-order valence-corrected chi connectivity index (χ3v) is 15.2. The van der Waals surface area contributed by atoms with Crippen molar-refractivity contribution in [1.29, 1.82) is 0 Å². The van der Waals surface area contributed by atoms with Crippen LogP contribution in [0.25, 0.3) is 0 Å². The number of likely N-dealkylation sites (N-methyl/N-ethyl adjacent to an activating group) is 1. The van der Waals surface area contributed by atoms with Gasteiger partial charge in [0.25, 0.3) is 7.82 Å². The number of allylic oxidation sites excluding steroid dienone is 17. The summed E-state index contributed by atoms with van der Waals surface area (Å²) in [6.45, 7) is 4.55. The first-order valence-electron chi connectivity index (χ1n) is 32.7. The van der Waals surface area contributed by atoms with Crippen molar-refractivity contribution in [1.82, 2.24) is 5.32 Å². The Labute approximate surface area is 489 Å². The molecule has 0 aliphatic rings. The van der Waals surface area contributed by atoms with E-state index >= 15 is 0 Å². The summed E-state index contributed by atoms with van der Waals surface area (Å²) in [5, 5.41) is 13.9. The van der Waals surface area contributed by atoms with Gasteiger partial charge in [0.1, 0.15) is 13.2 Å². The highest BCUT2D eigenvalue weighted by molar-refractivity contribution is 7.45. The molecule has 0 saturated carbocycles. The predicted octanol–water partition coefficient (Wildman–Crippen LogP) is 20.1. The van der Waals surface area contributed by atoms with Crippen LogP contribution in [0.4, 0.5) is 0 Å². The first kappa shape index (κ1) is 76.2. The average molecular weight is 1120 g/mol. The molecule has 0 spiro atoms. The highest BCUT2D eigenvalue weighted by atomic mass is 31.2. The molecule has 79 heavy (non-hydrogen) atoms. The van der Waals surface area contributed by atoms with Crippen molar-refractivity contribution >= 4 is 13.7 Å². The Balaban J connectivity index is 4.11. The number of phosphoric ester groups is 1. The van der Waals surface area contributed by atoms with E-state index in [1.807, 2.05) is 27.2 Å². The Hall–Kier alpha value is -2.84. The third-order valence-electron chi connectivity index (χ3n) is 14.2. The molecule has 0 aliphatic carbocycles. The molecule has 456 valence electrons. The number of nitrogens with one attached hydrogen (secondary N) is 1. The first-order chi connectivity index (χ1) is 38.5. The summed E-state index contributed by atoms with van der Waals surface area (Å²) in [6, 6.07) is -0.895. The number of hydrogen-bond acceptors (Lipinski definition) is 6. The highest BCUT2D eigenvalue weighted by Gasteiger charge is 2.23. The minimum atomic E-state index is -4.61. The molecule has 3 unspecified atom stereocenters. The molecule has 9 heteroatoms. The van der Waals surface area contributed by atoms with E-state index in [0.717, 1.165) is 89.9 Å². The summed E-state index contributed by atoms with van der Waals surface area (Å²) >= 11 is 0. The number of aliphatic hydroxyl groups is 1. The molecular weight excluding hydrogens is 996 g/mol. The monoisotopic (exact) mass is 1120 g/mol. The average Bonchev–Trinajstić information content (AvgIpc) is 3.42. The minimum Gasteiger partial charge on any atom is -0.756 e. The topological polar surface area (TPSA) is 108 Å². The SMILES string of the molecule is CC/C=C\C/C=C\C/C=C\C/C=C\C/C=C\C/C=C\C/C=C\C/C=C\CCCCCCCCCCCCCCC(=O)NC(COP(=O)([O-])OCC[N+](C)(C)C)C(O)/C=C/CCCCCCCCCCCCCCCCCCCC. The van der Waals surface area contributed by atoms with Gasteiger partial charge in [-0.3, -0.25) is 9.36 Å². The molecule has 0 aromatic rings. The summed E-state index contributed by atoms with van der Waals surface area (Å²) < 4.78 is 23.4. The van der Waals surface area contributed by atoms with E-state index in [-0.39, 0.29) is 19.1 Å². The van der Waals surface area contributed by atoms with Crippen molar-refractivity contribution in [2.24, 2.45) is 0 Å². The number of rotatable bonds is 59. The Morgan fingerprint density at radius 2 is 0.772 bits per heavy atom. The van der Waals surface area contributed by atoms with Gasteiger partial charge in [0.2, 0.25) is 5.91 Å². The molecule has 0 fully saturated rings. The number of aliphatic hydroxyl groups excluding tert-OH is 1. The molecule has 2 N–H and O–H groups in total. The number of carbonyl (C=O) groups is 1. The van der Waals surface area contributed by atoms with Gasteiger partial charge in [-0.2, -0.15) is 0 Å². The largest absolute Gasteiger partial charge is 0.756 e. The summed E-state index contributed by atoms with van der Waals surface area (Å²) in [7, 11) is 1.26. The van der Waals surface area contributed by atoms with Crippen molar-refractivity contribution in [3.05, 3.63) is 109 Å². The predicted molar refractivity (Wildman–Crippen MR) is 343 cm³/mol. The second-order valence-corrected chi connectivity index (χ2v) is 24.5. The molecular formula is C70H125N2O6P. The Bertz CT molecular complexity index is 1650. The van der Waals surface area contributed by atoms with Gasteiger partial charge < -0.3 is 28.8 Å². The van der Waals surface area contributed by atoms with Crippen molar-refractivity contribution in [3.63, 3.8) is 0 Å². The van der Waals surface area contributed by atoms with Gasteiger partial charge in [0.15, 0.2) is 0 Å². The van der Waals surface area contributed by atoms with E-state index in [1.54, 1.807) is 6.08 Å². The normalized spacial score (nSPS) is 14.5. The number of hydrogen-bond donors (Lipinski definition) is 2. The number of quaternary nitrogens is 1. The molecule has 8 nitrogen and oxygen atoms in total. The molecule has 0 radical (unpaired) electrons. The van der Waals surface area contributed by atoms with E-state index in [4.69, 9.17) is 9.05 Å². The van der Waals surface area contributed by atoms with Crippen LogP contribution in [-0.4, -0.2) is 68.5 Å². The fourth-order valence-corrected chi connectivity index (χ4v) is 9.89. The summed E-state index contributed by atoms with van der Waals surface area (Å²) in [5.74, 6) is -0.201. The van der Waals surface area contributed by atoms with Gasteiger partial charge in [-0.1, -0.05) is 297 Å².